The average molecular weight is 205 g/mol. The normalized spacial score (nSPS) is 10.9. The van der Waals surface area contributed by atoms with E-state index in [4.69, 9.17) is 4.74 Å². The number of aryl methyl sites for hydroxylation is 1. The van der Waals surface area contributed by atoms with E-state index in [1.54, 1.807) is 0 Å². The first-order valence-electron chi connectivity index (χ1n) is 5.08. The maximum absolute atomic E-state index is 5.57. The van der Waals surface area contributed by atoms with Crippen molar-refractivity contribution in [3.63, 3.8) is 0 Å². The number of anilines is 1. The van der Waals surface area contributed by atoms with Gasteiger partial charge >= 0.3 is 0 Å². The number of hydrogen-bond donors (Lipinski definition) is 1. The quantitative estimate of drug-likeness (QED) is 0.760. The summed E-state index contributed by atoms with van der Waals surface area (Å²) in [6, 6.07) is 8.11. The molecule has 0 aliphatic rings. The largest absolute Gasteiger partial charge is 0.474 e. The molecule has 1 N–H and O–H groups in total. The van der Waals surface area contributed by atoms with Crippen molar-refractivity contribution >= 4 is 5.69 Å². The maximum atomic E-state index is 5.57. The molecule has 0 atom stereocenters. The first-order chi connectivity index (χ1) is 6.87. The predicted molar refractivity (Wildman–Crippen MR) is 64.8 cm³/mol. The fraction of sp³-hybridized carbons (Fsp3) is 0.385. The van der Waals surface area contributed by atoms with Crippen molar-refractivity contribution in [3.8, 4) is 0 Å². The molecule has 1 aromatic carbocycles. The van der Waals surface area contributed by atoms with Gasteiger partial charge in [-0.1, -0.05) is 17.7 Å². The SMILES string of the molecule is C=C(Nc1ccc(C)cc1)OC(C)(C)C. The molecule has 0 spiro atoms. The van der Waals surface area contributed by atoms with Crippen LogP contribution in [-0.2, 0) is 4.74 Å². The van der Waals surface area contributed by atoms with E-state index in [9.17, 15) is 0 Å². The van der Waals surface area contributed by atoms with E-state index in [0.717, 1.165) is 5.69 Å². The van der Waals surface area contributed by atoms with Crippen molar-refractivity contribution in [2.75, 3.05) is 5.32 Å². The summed E-state index contributed by atoms with van der Waals surface area (Å²) in [4.78, 5) is 0. The Morgan fingerprint density at radius 2 is 1.73 bits per heavy atom. The second-order valence-electron chi connectivity index (χ2n) is 4.63. The maximum Gasteiger partial charge on any atom is 0.184 e. The molecule has 1 aromatic rings. The number of nitrogens with one attached hydrogen (secondary N) is 1. The minimum atomic E-state index is -0.214. The Kier molecular flexibility index (Phi) is 3.40. The van der Waals surface area contributed by atoms with Crippen LogP contribution in [0.25, 0.3) is 0 Å². The summed E-state index contributed by atoms with van der Waals surface area (Å²) in [7, 11) is 0. The second-order valence-corrected chi connectivity index (χ2v) is 4.63. The number of hydrogen-bond acceptors (Lipinski definition) is 2. The van der Waals surface area contributed by atoms with Crippen LogP contribution in [-0.4, -0.2) is 5.60 Å². The molecule has 0 saturated carbocycles. The van der Waals surface area contributed by atoms with Crippen LogP contribution >= 0.6 is 0 Å². The van der Waals surface area contributed by atoms with Crippen LogP contribution in [0.2, 0.25) is 0 Å². The van der Waals surface area contributed by atoms with Gasteiger partial charge in [-0.25, -0.2) is 0 Å². The van der Waals surface area contributed by atoms with Crippen LogP contribution in [0.15, 0.2) is 36.7 Å². The standard InChI is InChI=1S/C13H19NO/c1-10-6-8-12(9-7-10)14-11(2)15-13(3,4)5/h6-9,14H,2H2,1,3-5H3. The van der Waals surface area contributed by atoms with Crippen molar-refractivity contribution in [2.45, 2.75) is 33.3 Å². The summed E-state index contributed by atoms with van der Waals surface area (Å²) in [5, 5.41) is 3.11. The first kappa shape index (κ1) is 11.6. The van der Waals surface area contributed by atoms with Crippen LogP contribution in [0.1, 0.15) is 26.3 Å². The molecule has 0 amide bonds. The fourth-order valence-electron chi connectivity index (χ4n) is 1.19. The Morgan fingerprint density at radius 3 is 2.20 bits per heavy atom. The molecule has 0 radical (unpaired) electrons. The lowest BCUT2D eigenvalue weighted by Gasteiger charge is -2.23. The Bertz CT molecular complexity index is 333. The molecule has 0 aromatic heterocycles. The van der Waals surface area contributed by atoms with Gasteiger partial charge < -0.3 is 10.1 Å². The molecule has 0 heterocycles. The Labute approximate surface area is 92.0 Å². The van der Waals surface area contributed by atoms with Crippen molar-refractivity contribution in [3.05, 3.63) is 42.3 Å². The number of benzene rings is 1. The molecule has 2 nitrogen and oxygen atoms in total. The van der Waals surface area contributed by atoms with Crippen molar-refractivity contribution in [2.24, 2.45) is 0 Å². The molecule has 0 aliphatic heterocycles. The van der Waals surface area contributed by atoms with Gasteiger partial charge in [-0.3, -0.25) is 0 Å². The van der Waals surface area contributed by atoms with E-state index in [-0.39, 0.29) is 5.60 Å². The van der Waals surface area contributed by atoms with E-state index in [1.807, 2.05) is 45.0 Å². The van der Waals surface area contributed by atoms with Crippen molar-refractivity contribution in [1.82, 2.24) is 0 Å². The van der Waals surface area contributed by atoms with Gasteiger partial charge in [0.1, 0.15) is 5.60 Å². The summed E-state index contributed by atoms with van der Waals surface area (Å²) in [5.41, 5.74) is 2.02. The molecule has 1 rings (SSSR count). The van der Waals surface area contributed by atoms with Crippen LogP contribution < -0.4 is 5.32 Å². The topological polar surface area (TPSA) is 21.3 Å². The summed E-state index contributed by atoms with van der Waals surface area (Å²) in [5.74, 6) is 0.575. The molecule has 2 heteroatoms. The predicted octanol–water partition coefficient (Wildman–Crippen LogP) is 3.69. The number of ether oxygens (including phenoxy) is 1. The van der Waals surface area contributed by atoms with Crippen LogP contribution in [0, 0.1) is 6.92 Å². The highest BCUT2D eigenvalue weighted by Gasteiger charge is 2.12. The Morgan fingerprint density at radius 1 is 1.20 bits per heavy atom. The van der Waals surface area contributed by atoms with E-state index in [2.05, 4.69) is 18.8 Å². The minimum absolute atomic E-state index is 0.214. The highest BCUT2D eigenvalue weighted by Crippen LogP contribution is 2.16. The lowest BCUT2D eigenvalue weighted by molar-refractivity contribution is 0.0565. The molecule has 0 saturated heterocycles. The van der Waals surface area contributed by atoms with Gasteiger partial charge in [-0.05, 0) is 46.4 Å². The Hall–Kier alpha value is -1.44. The molecule has 0 unspecified atom stereocenters. The summed E-state index contributed by atoms with van der Waals surface area (Å²) < 4.78 is 5.57. The van der Waals surface area contributed by atoms with E-state index in [0.29, 0.717) is 5.88 Å². The molecular formula is C13H19NO. The van der Waals surface area contributed by atoms with Crippen LogP contribution in [0.5, 0.6) is 0 Å². The molecule has 0 fully saturated rings. The van der Waals surface area contributed by atoms with Gasteiger partial charge in [0.2, 0.25) is 0 Å². The van der Waals surface area contributed by atoms with Gasteiger partial charge in [0.05, 0.1) is 0 Å². The third kappa shape index (κ3) is 4.54. The monoisotopic (exact) mass is 205 g/mol. The molecule has 0 bridgehead atoms. The van der Waals surface area contributed by atoms with Gasteiger partial charge in [-0.2, -0.15) is 0 Å². The van der Waals surface area contributed by atoms with Gasteiger partial charge in [-0.15, -0.1) is 0 Å². The van der Waals surface area contributed by atoms with Crippen molar-refractivity contribution in [1.29, 1.82) is 0 Å². The summed E-state index contributed by atoms with van der Waals surface area (Å²) in [6.07, 6.45) is 0. The van der Waals surface area contributed by atoms with Gasteiger partial charge in [0.15, 0.2) is 5.88 Å². The molecule has 82 valence electrons. The zero-order chi connectivity index (χ0) is 11.5. The van der Waals surface area contributed by atoms with Crippen LogP contribution in [0.4, 0.5) is 5.69 Å². The highest BCUT2D eigenvalue weighted by atomic mass is 16.5. The van der Waals surface area contributed by atoms with E-state index >= 15 is 0 Å². The number of rotatable bonds is 3. The molecule has 0 aliphatic carbocycles. The lowest BCUT2D eigenvalue weighted by Crippen LogP contribution is -2.21. The van der Waals surface area contributed by atoms with Crippen molar-refractivity contribution < 1.29 is 4.74 Å². The second kappa shape index (κ2) is 4.39. The molecule has 15 heavy (non-hydrogen) atoms. The van der Waals surface area contributed by atoms with Crippen LogP contribution in [0.3, 0.4) is 0 Å². The summed E-state index contributed by atoms with van der Waals surface area (Å²) >= 11 is 0. The average Bonchev–Trinajstić information content (AvgIpc) is 2.05. The van der Waals surface area contributed by atoms with E-state index < -0.39 is 0 Å². The van der Waals surface area contributed by atoms with Gasteiger partial charge in [0, 0.05) is 5.69 Å². The zero-order valence-electron chi connectivity index (χ0n) is 9.92. The van der Waals surface area contributed by atoms with Gasteiger partial charge in [0.25, 0.3) is 0 Å². The lowest BCUT2D eigenvalue weighted by atomic mass is 10.2. The Balaban J connectivity index is 2.55. The minimum Gasteiger partial charge on any atom is -0.474 e. The smallest absolute Gasteiger partial charge is 0.184 e. The summed E-state index contributed by atoms with van der Waals surface area (Å²) in [6.45, 7) is 11.9. The highest BCUT2D eigenvalue weighted by molar-refractivity contribution is 5.47. The third-order valence-electron chi connectivity index (χ3n) is 1.76. The molecular weight excluding hydrogens is 186 g/mol. The van der Waals surface area contributed by atoms with E-state index in [1.165, 1.54) is 5.56 Å². The zero-order valence-corrected chi connectivity index (χ0v) is 9.92. The fourth-order valence-corrected chi connectivity index (χ4v) is 1.19. The first-order valence-corrected chi connectivity index (χ1v) is 5.08. The third-order valence-corrected chi connectivity index (χ3v) is 1.76.